The van der Waals surface area contributed by atoms with Crippen molar-refractivity contribution in [2.75, 3.05) is 6.54 Å². The summed E-state index contributed by atoms with van der Waals surface area (Å²) in [7, 11) is 0. The second-order valence-corrected chi connectivity index (χ2v) is 5.04. The van der Waals surface area contributed by atoms with Crippen LogP contribution in [-0.4, -0.2) is 38.6 Å². The number of aryl methyl sites for hydroxylation is 1. The van der Waals surface area contributed by atoms with E-state index >= 15 is 0 Å². The zero-order valence-corrected chi connectivity index (χ0v) is 10.7. The van der Waals surface area contributed by atoms with Crippen molar-refractivity contribution in [2.24, 2.45) is 5.92 Å². The maximum atomic E-state index is 12.3. The molecular weight excluding hydrogens is 216 g/mol. The van der Waals surface area contributed by atoms with Gasteiger partial charge in [0.15, 0.2) is 0 Å². The molecule has 0 bridgehead atoms. The lowest BCUT2D eigenvalue weighted by Crippen LogP contribution is -2.36. The van der Waals surface area contributed by atoms with Gasteiger partial charge in [-0.3, -0.25) is 9.89 Å². The fourth-order valence-corrected chi connectivity index (χ4v) is 1.85. The van der Waals surface area contributed by atoms with Gasteiger partial charge in [-0.1, -0.05) is 20.8 Å². The average molecular weight is 236 g/mol. The van der Waals surface area contributed by atoms with Gasteiger partial charge in [-0.05, 0) is 18.8 Å². The van der Waals surface area contributed by atoms with Crippen LogP contribution in [0.3, 0.4) is 0 Å². The number of nitrogens with zero attached hydrogens (tertiary/aromatic N) is 3. The smallest absolute Gasteiger partial charge is 0.293 e. The van der Waals surface area contributed by atoms with E-state index in [0.717, 1.165) is 31.6 Å². The number of aromatic amines is 1. The molecule has 2 rings (SSSR count). The third kappa shape index (κ3) is 2.84. The van der Waals surface area contributed by atoms with Crippen molar-refractivity contribution in [2.45, 2.75) is 46.1 Å². The topological polar surface area (TPSA) is 61.9 Å². The van der Waals surface area contributed by atoms with Crippen LogP contribution in [0.4, 0.5) is 0 Å². The molecule has 1 fully saturated rings. The zero-order chi connectivity index (χ0) is 12.4. The second kappa shape index (κ2) is 4.85. The minimum Gasteiger partial charge on any atom is -0.333 e. The van der Waals surface area contributed by atoms with E-state index in [2.05, 4.69) is 29.0 Å². The van der Waals surface area contributed by atoms with Crippen LogP contribution in [0.5, 0.6) is 0 Å². The molecule has 0 aromatic carbocycles. The Labute approximate surface area is 102 Å². The Balaban J connectivity index is 2.09. The standard InChI is InChI=1S/C12H20N4O/c1-4-10-13-11(15-14-10)12(17)16(7-8(2)3)9-5-6-9/h8-9H,4-7H2,1-3H3,(H,13,14,15). The Morgan fingerprint density at radius 2 is 2.24 bits per heavy atom. The van der Waals surface area contributed by atoms with Gasteiger partial charge in [-0.15, -0.1) is 5.10 Å². The van der Waals surface area contributed by atoms with Crippen LogP contribution in [0.15, 0.2) is 0 Å². The molecule has 1 N–H and O–H groups in total. The molecule has 0 spiro atoms. The Morgan fingerprint density at radius 1 is 1.53 bits per heavy atom. The van der Waals surface area contributed by atoms with Gasteiger partial charge in [0.2, 0.25) is 5.82 Å². The number of carbonyl (C=O) groups excluding carboxylic acids is 1. The van der Waals surface area contributed by atoms with E-state index in [1.54, 1.807) is 0 Å². The molecule has 1 amide bonds. The van der Waals surface area contributed by atoms with Crippen LogP contribution < -0.4 is 0 Å². The normalized spacial score (nSPS) is 15.3. The molecule has 1 saturated carbocycles. The van der Waals surface area contributed by atoms with E-state index in [1.165, 1.54) is 0 Å². The highest BCUT2D eigenvalue weighted by Crippen LogP contribution is 2.28. The lowest BCUT2D eigenvalue weighted by Gasteiger charge is -2.22. The minimum atomic E-state index is -0.0304. The molecular formula is C12H20N4O. The predicted octanol–water partition coefficient (Wildman–Crippen LogP) is 1.63. The zero-order valence-electron chi connectivity index (χ0n) is 10.7. The fraction of sp³-hybridized carbons (Fsp3) is 0.750. The van der Waals surface area contributed by atoms with Gasteiger partial charge in [0.05, 0.1) is 0 Å². The Bertz CT molecular complexity index is 395. The van der Waals surface area contributed by atoms with Gasteiger partial charge in [0, 0.05) is 19.0 Å². The second-order valence-electron chi connectivity index (χ2n) is 5.04. The Kier molecular flexibility index (Phi) is 3.45. The maximum absolute atomic E-state index is 12.3. The van der Waals surface area contributed by atoms with Crippen LogP contribution in [0.2, 0.25) is 0 Å². The first kappa shape index (κ1) is 12.1. The fourth-order valence-electron chi connectivity index (χ4n) is 1.85. The van der Waals surface area contributed by atoms with Gasteiger partial charge in [-0.25, -0.2) is 4.98 Å². The van der Waals surface area contributed by atoms with Crippen LogP contribution in [0, 0.1) is 5.92 Å². The summed E-state index contributed by atoms with van der Waals surface area (Å²) < 4.78 is 0. The van der Waals surface area contributed by atoms with Crippen molar-refractivity contribution in [3.63, 3.8) is 0 Å². The summed E-state index contributed by atoms with van der Waals surface area (Å²) in [5.74, 6) is 1.53. The third-order valence-corrected chi connectivity index (χ3v) is 2.87. The molecule has 1 aromatic rings. The summed E-state index contributed by atoms with van der Waals surface area (Å²) >= 11 is 0. The van der Waals surface area contributed by atoms with E-state index in [4.69, 9.17) is 0 Å². The van der Waals surface area contributed by atoms with Gasteiger partial charge in [0.25, 0.3) is 5.91 Å². The largest absolute Gasteiger partial charge is 0.333 e. The van der Waals surface area contributed by atoms with Crippen molar-refractivity contribution in [1.82, 2.24) is 20.1 Å². The number of nitrogens with one attached hydrogen (secondary N) is 1. The van der Waals surface area contributed by atoms with E-state index in [-0.39, 0.29) is 5.91 Å². The van der Waals surface area contributed by atoms with E-state index in [0.29, 0.717) is 17.8 Å². The third-order valence-electron chi connectivity index (χ3n) is 2.87. The molecule has 0 saturated heterocycles. The first-order valence-corrected chi connectivity index (χ1v) is 6.34. The summed E-state index contributed by atoms with van der Waals surface area (Å²) in [6, 6.07) is 0.411. The first-order chi connectivity index (χ1) is 8.11. The summed E-state index contributed by atoms with van der Waals surface area (Å²) in [5, 5.41) is 6.79. The summed E-state index contributed by atoms with van der Waals surface area (Å²) in [6.45, 7) is 7.03. The Hall–Kier alpha value is -1.39. The molecule has 5 nitrogen and oxygen atoms in total. The van der Waals surface area contributed by atoms with E-state index in [1.807, 2.05) is 11.8 Å². The highest BCUT2D eigenvalue weighted by atomic mass is 16.2. The monoisotopic (exact) mass is 236 g/mol. The minimum absolute atomic E-state index is 0.0304. The lowest BCUT2D eigenvalue weighted by molar-refractivity contribution is 0.0710. The van der Waals surface area contributed by atoms with E-state index in [9.17, 15) is 4.79 Å². The van der Waals surface area contributed by atoms with Crippen LogP contribution >= 0.6 is 0 Å². The lowest BCUT2D eigenvalue weighted by atomic mass is 10.2. The van der Waals surface area contributed by atoms with Crippen molar-refractivity contribution in [1.29, 1.82) is 0 Å². The number of rotatable bonds is 5. The summed E-state index contributed by atoms with van der Waals surface area (Å²) in [6.07, 6.45) is 3.00. The average Bonchev–Trinajstić information content (AvgIpc) is 3.02. The van der Waals surface area contributed by atoms with Crippen LogP contribution in [-0.2, 0) is 6.42 Å². The first-order valence-electron chi connectivity index (χ1n) is 6.34. The van der Waals surface area contributed by atoms with E-state index < -0.39 is 0 Å². The summed E-state index contributed by atoms with van der Waals surface area (Å²) in [4.78, 5) is 18.4. The molecule has 0 atom stereocenters. The van der Waals surface area contributed by atoms with Crippen LogP contribution in [0.25, 0.3) is 0 Å². The van der Waals surface area contributed by atoms with Gasteiger partial charge in [-0.2, -0.15) is 0 Å². The SMILES string of the molecule is CCc1nc(C(=O)N(CC(C)C)C2CC2)n[nH]1. The highest BCUT2D eigenvalue weighted by Gasteiger charge is 2.34. The van der Waals surface area contributed by atoms with Crippen molar-refractivity contribution >= 4 is 5.91 Å². The van der Waals surface area contributed by atoms with Gasteiger partial charge in [0.1, 0.15) is 5.82 Å². The molecule has 94 valence electrons. The molecule has 0 unspecified atom stereocenters. The maximum Gasteiger partial charge on any atom is 0.293 e. The molecule has 17 heavy (non-hydrogen) atoms. The molecule has 0 radical (unpaired) electrons. The molecule has 5 heteroatoms. The number of hydrogen-bond donors (Lipinski definition) is 1. The van der Waals surface area contributed by atoms with Crippen molar-refractivity contribution < 1.29 is 4.79 Å². The highest BCUT2D eigenvalue weighted by molar-refractivity contribution is 5.90. The predicted molar refractivity (Wildman–Crippen MR) is 64.7 cm³/mol. The number of amides is 1. The number of H-pyrrole nitrogens is 1. The van der Waals surface area contributed by atoms with Crippen LogP contribution in [0.1, 0.15) is 50.1 Å². The summed E-state index contributed by atoms with van der Waals surface area (Å²) in [5.41, 5.74) is 0. The molecule has 0 aliphatic heterocycles. The number of hydrogen-bond acceptors (Lipinski definition) is 3. The number of aromatic nitrogens is 3. The Morgan fingerprint density at radius 3 is 2.71 bits per heavy atom. The molecule has 1 heterocycles. The van der Waals surface area contributed by atoms with Gasteiger partial charge < -0.3 is 4.90 Å². The molecule has 1 aliphatic rings. The molecule has 1 aliphatic carbocycles. The van der Waals surface area contributed by atoms with Crippen molar-refractivity contribution in [3.8, 4) is 0 Å². The number of carbonyl (C=O) groups is 1. The quantitative estimate of drug-likeness (QED) is 0.845. The van der Waals surface area contributed by atoms with Gasteiger partial charge >= 0.3 is 0 Å². The molecule has 1 aromatic heterocycles. The van der Waals surface area contributed by atoms with Crippen molar-refractivity contribution in [3.05, 3.63) is 11.6 Å².